The maximum absolute atomic E-state index is 5.88. The number of rotatable bonds is 5. The Morgan fingerprint density at radius 3 is 2.71 bits per heavy atom. The number of nitrogens with two attached hydrogens (primary N) is 1. The molecule has 1 aromatic rings. The van der Waals surface area contributed by atoms with Crippen molar-refractivity contribution in [2.45, 2.75) is 26.3 Å². The van der Waals surface area contributed by atoms with Gasteiger partial charge in [-0.1, -0.05) is 34.8 Å². The molecule has 17 heavy (non-hydrogen) atoms. The van der Waals surface area contributed by atoms with Gasteiger partial charge in [0.1, 0.15) is 0 Å². The Hall–Kier alpha value is -0.980. The average Bonchev–Trinajstić information content (AvgIpc) is 2.28. The number of hydrogen-bond acceptors (Lipinski definition) is 2. The van der Waals surface area contributed by atoms with E-state index < -0.39 is 0 Å². The predicted octanol–water partition coefficient (Wildman–Crippen LogP) is 3.32. The summed E-state index contributed by atoms with van der Waals surface area (Å²) >= 11 is 3.56. The van der Waals surface area contributed by atoms with Crippen molar-refractivity contribution >= 4 is 21.6 Å². The smallest absolute Gasteiger partial charge is 0.0791 e. The molecule has 0 saturated heterocycles. The van der Waals surface area contributed by atoms with Gasteiger partial charge < -0.3 is 10.6 Å². The molecule has 0 aromatic heterocycles. The third-order valence-corrected chi connectivity index (χ3v) is 3.30. The lowest BCUT2D eigenvalue weighted by Crippen LogP contribution is -2.24. The van der Waals surface area contributed by atoms with Gasteiger partial charge in [0.05, 0.1) is 6.54 Å². The molecule has 0 aliphatic rings. The molecule has 2 nitrogen and oxygen atoms in total. The molecule has 1 aromatic carbocycles. The van der Waals surface area contributed by atoms with Crippen LogP contribution in [-0.4, -0.2) is 13.1 Å². The van der Waals surface area contributed by atoms with E-state index >= 15 is 0 Å². The Morgan fingerprint density at radius 2 is 2.24 bits per heavy atom. The molecular formula is C14H19BrN2. The minimum Gasteiger partial charge on any atom is -0.360 e. The highest BCUT2D eigenvalue weighted by Crippen LogP contribution is 2.27. The van der Waals surface area contributed by atoms with Gasteiger partial charge in [-0.15, -0.1) is 6.42 Å². The molecule has 0 heterocycles. The Morgan fingerprint density at radius 1 is 1.53 bits per heavy atom. The average molecular weight is 295 g/mol. The molecule has 1 atom stereocenters. The van der Waals surface area contributed by atoms with E-state index in [0.29, 0.717) is 6.54 Å². The Balaban J connectivity index is 2.98. The molecule has 92 valence electrons. The van der Waals surface area contributed by atoms with Gasteiger partial charge in [0.2, 0.25) is 0 Å². The minimum atomic E-state index is 0.0330. The van der Waals surface area contributed by atoms with Crippen molar-refractivity contribution in [3.05, 3.63) is 28.2 Å². The number of terminal acetylenes is 1. The molecule has 3 heteroatoms. The lowest BCUT2D eigenvalue weighted by molar-refractivity contribution is 0.804. The third kappa shape index (κ3) is 3.76. The van der Waals surface area contributed by atoms with Crippen LogP contribution in [0.1, 0.15) is 31.9 Å². The summed E-state index contributed by atoms with van der Waals surface area (Å²) < 4.78 is 1.04. The van der Waals surface area contributed by atoms with Gasteiger partial charge in [-0.2, -0.15) is 0 Å². The van der Waals surface area contributed by atoms with Crippen LogP contribution in [0.4, 0.5) is 5.69 Å². The molecule has 0 amide bonds. The van der Waals surface area contributed by atoms with Crippen molar-refractivity contribution in [2.24, 2.45) is 5.73 Å². The third-order valence-electron chi connectivity index (χ3n) is 2.62. The summed E-state index contributed by atoms with van der Waals surface area (Å²) in [6.45, 7) is 5.73. The Kier molecular flexibility index (Phi) is 5.54. The highest BCUT2D eigenvalue weighted by Gasteiger charge is 2.09. The normalized spacial score (nSPS) is 11.9. The van der Waals surface area contributed by atoms with E-state index in [4.69, 9.17) is 12.2 Å². The fraction of sp³-hybridized carbons (Fsp3) is 0.429. The molecule has 0 aliphatic heterocycles. The molecule has 0 bridgehead atoms. The van der Waals surface area contributed by atoms with Crippen LogP contribution < -0.4 is 10.6 Å². The second-order valence-electron chi connectivity index (χ2n) is 4.12. The van der Waals surface area contributed by atoms with E-state index in [0.717, 1.165) is 28.7 Å². The van der Waals surface area contributed by atoms with Crippen LogP contribution in [0, 0.1) is 12.3 Å². The summed E-state index contributed by atoms with van der Waals surface area (Å²) in [5.41, 5.74) is 8.14. The van der Waals surface area contributed by atoms with Crippen molar-refractivity contribution in [1.82, 2.24) is 0 Å². The second kappa shape index (κ2) is 6.68. The van der Waals surface area contributed by atoms with Gasteiger partial charge in [-0.3, -0.25) is 0 Å². The van der Waals surface area contributed by atoms with E-state index in [-0.39, 0.29) is 6.04 Å². The number of hydrogen-bond donors (Lipinski definition) is 1. The quantitative estimate of drug-likeness (QED) is 0.844. The number of benzene rings is 1. The van der Waals surface area contributed by atoms with Crippen LogP contribution in [0.2, 0.25) is 0 Å². The first-order valence-corrected chi connectivity index (χ1v) is 6.62. The van der Waals surface area contributed by atoms with E-state index in [1.807, 2.05) is 6.92 Å². The fourth-order valence-electron chi connectivity index (χ4n) is 1.76. The molecule has 0 unspecified atom stereocenters. The molecular weight excluding hydrogens is 276 g/mol. The summed E-state index contributed by atoms with van der Waals surface area (Å²) in [4.78, 5) is 2.19. The summed E-state index contributed by atoms with van der Waals surface area (Å²) in [5.74, 6) is 2.69. The number of nitrogens with zero attached hydrogens (tertiary/aromatic N) is 1. The van der Waals surface area contributed by atoms with Crippen LogP contribution in [0.15, 0.2) is 22.7 Å². The van der Waals surface area contributed by atoms with E-state index in [1.165, 1.54) is 0 Å². The lowest BCUT2D eigenvalue weighted by Gasteiger charge is -2.23. The first-order valence-electron chi connectivity index (χ1n) is 5.83. The molecule has 1 rings (SSSR count). The van der Waals surface area contributed by atoms with Gasteiger partial charge >= 0.3 is 0 Å². The summed E-state index contributed by atoms with van der Waals surface area (Å²) in [5, 5.41) is 0. The summed E-state index contributed by atoms with van der Waals surface area (Å²) in [7, 11) is 0. The van der Waals surface area contributed by atoms with Crippen LogP contribution in [0.3, 0.4) is 0 Å². The highest BCUT2D eigenvalue weighted by atomic mass is 79.9. The molecule has 2 N–H and O–H groups in total. The molecule has 0 aliphatic carbocycles. The topological polar surface area (TPSA) is 29.3 Å². The minimum absolute atomic E-state index is 0.0330. The van der Waals surface area contributed by atoms with Crippen LogP contribution in [-0.2, 0) is 0 Å². The standard InChI is InChI=1S/C14H19BrN2/c1-4-8-17(9-5-2)12-6-7-13(11(3)16)14(15)10-12/h1,6-7,10-11H,5,8-9,16H2,2-3H3/t11-/m0/s1. The fourth-order valence-corrected chi connectivity index (χ4v) is 2.49. The highest BCUT2D eigenvalue weighted by molar-refractivity contribution is 9.10. The SMILES string of the molecule is C#CCN(CCC)c1ccc([C@H](C)N)c(Br)c1. The van der Waals surface area contributed by atoms with Crippen molar-refractivity contribution in [3.8, 4) is 12.3 Å². The van der Waals surface area contributed by atoms with Gasteiger partial charge in [0.25, 0.3) is 0 Å². The predicted molar refractivity (Wildman–Crippen MR) is 78.1 cm³/mol. The molecule has 0 radical (unpaired) electrons. The Labute approximate surface area is 112 Å². The van der Waals surface area contributed by atoms with E-state index in [2.05, 4.69) is 51.9 Å². The van der Waals surface area contributed by atoms with Crippen LogP contribution in [0.25, 0.3) is 0 Å². The van der Waals surface area contributed by atoms with Crippen LogP contribution >= 0.6 is 15.9 Å². The zero-order chi connectivity index (χ0) is 12.8. The van der Waals surface area contributed by atoms with Crippen molar-refractivity contribution in [3.63, 3.8) is 0 Å². The number of anilines is 1. The summed E-state index contributed by atoms with van der Waals surface area (Å²) in [6, 6.07) is 6.26. The van der Waals surface area contributed by atoms with Crippen molar-refractivity contribution in [2.75, 3.05) is 18.0 Å². The van der Waals surface area contributed by atoms with Crippen molar-refractivity contribution in [1.29, 1.82) is 0 Å². The molecule has 0 saturated carbocycles. The maximum atomic E-state index is 5.88. The molecule has 0 spiro atoms. The van der Waals surface area contributed by atoms with Gasteiger partial charge in [0, 0.05) is 22.7 Å². The lowest BCUT2D eigenvalue weighted by atomic mass is 10.1. The molecule has 0 fully saturated rings. The van der Waals surface area contributed by atoms with Gasteiger partial charge in [-0.25, -0.2) is 0 Å². The van der Waals surface area contributed by atoms with Crippen LogP contribution in [0.5, 0.6) is 0 Å². The van der Waals surface area contributed by atoms with E-state index in [9.17, 15) is 0 Å². The maximum Gasteiger partial charge on any atom is 0.0791 e. The first kappa shape index (κ1) is 14.1. The first-order chi connectivity index (χ1) is 8.10. The second-order valence-corrected chi connectivity index (χ2v) is 4.97. The monoisotopic (exact) mass is 294 g/mol. The zero-order valence-corrected chi connectivity index (χ0v) is 12.0. The largest absolute Gasteiger partial charge is 0.360 e. The zero-order valence-electron chi connectivity index (χ0n) is 10.4. The van der Waals surface area contributed by atoms with Gasteiger partial charge in [0.15, 0.2) is 0 Å². The van der Waals surface area contributed by atoms with Crippen molar-refractivity contribution < 1.29 is 0 Å². The van der Waals surface area contributed by atoms with E-state index in [1.54, 1.807) is 0 Å². The number of halogens is 1. The Bertz CT molecular complexity index is 407. The van der Waals surface area contributed by atoms with Gasteiger partial charge in [-0.05, 0) is 31.0 Å². The summed E-state index contributed by atoms with van der Waals surface area (Å²) in [6.07, 6.45) is 6.47.